The van der Waals surface area contributed by atoms with E-state index >= 15 is 0 Å². The minimum atomic E-state index is 0.454. The molecule has 24 heavy (non-hydrogen) atoms. The molecule has 5 heteroatoms. The molecule has 5 nitrogen and oxygen atoms in total. The molecule has 3 aliphatic heterocycles. The molecular weight excluding hydrogens is 300 g/mol. The SMILES string of the molecule is COc1cccc(-c2cnc(N[C@@H]3C4CCN(CC4)[C@@H]3C)nc2)c1. The molecule has 4 heterocycles. The standard InChI is InChI=1S/C19H24N4O/c1-13-18(14-6-8-23(13)9-7-14)22-19-20-11-16(12-21-19)15-4-3-5-17(10-15)24-2/h3-5,10-14,18H,6-9H2,1-2H3,(H,20,21,22)/t13-,18+/m1/s1. The average molecular weight is 324 g/mol. The van der Waals surface area contributed by atoms with Crippen LogP contribution in [0.5, 0.6) is 5.75 Å². The van der Waals surface area contributed by atoms with Gasteiger partial charge in [0.25, 0.3) is 0 Å². The highest BCUT2D eigenvalue weighted by Gasteiger charge is 2.39. The number of benzene rings is 1. The van der Waals surface area contributed by atoms with Crippen LogP contribution in [0.3, 0.4) is 0 Å². The van der Waals surface area contributed by atoms with E-state index in [0.717, 1.165) is 28.7 Å². The van der Waals surface area contributed by atoms with E-state index < -0.39 is 0 Å². The molecule has 1 aromatic carbocycles. The number of aromatic nitrogens is 2. The highest BCUT2D eigenvalue weighted by atomic mass is 16.5. The fourth-order valence-electron chi connectivity index (χ4n) is 4.05. The number of nitrogens with one attached hydrogen (secondary N) is 1. The van der Waals surface area contributed by atoms with Crippen molar-refractivity contribution < 1.29 is 4.74 Å². The van der Waals surface area contributed by atoms with Crippen LogP contribution in [-0.2, 0) is 0 Å². The van der Waals surface area contributed by atoms with Crippen LogP contribution in [0.15, 0.2) is 36.7 Å². The van der Waals surface area contributed by atoms with Gasteiger partial charge in [0.2, 0.25) is 5.95 Å². The summed E-state index contributed by atoms with van der Waals surface area (Å²) in [6, 6.07) is 8.98. The Morgan fingerprint density at radius 1 is 1.12 bits per heavy atom. The Bertz CT molecular complexity index is 693. The van der Waals surface area contributed by atoms with E-state index in [9.17, 15) is 0 Å². The maximum absolute atomic E-state index is 5.28. The Hall–Kier alpha value is -2.14. The van der Waals surface area contributed by atoms with E-state index in [1.807, 2.05) is 36.7 Å². The monoisotopic (exact) mass is 324 g/mol. The second kappa shape index (κ2) is 6.40. The van der Waals surface area contributed by atoms with Crippen molar-refractivity contribution in [3.8, 4) is 16.9 Å². The van der Waals surface area contributed by atoms with E-state index in [4.69, 9.17) is 4.74 Å². The number of ether oxygens (including phenoxy) is 1. The molecule has 1 N–H and O–H groups in total. The number of nitrogens with zero attached hydrogens (tertiary/aromatic N) is 3. The first kappa shape index (κ1) is 15.4. The van der Waals surface area contributed by atoms with E-state index in [2.05, 4.69) is 27.1 Å². The Labute approximate surface area is 143 Å². The van der Waals surface area contributed by atoms with Gasteiger partial charge in [-0.25, -0.2) is 9.97 Å². The van der Waals surface area contributed by atoms with Gasteiger partial charge in [0.1, 0.15) is 5.75 Å². The summed E-state index contributed by atoms with van der Waals surface area (Å²) >= 11 is 0. The van der Waals surface area contributed by atoms with Gasteiger partial charge in [0, 0.05) is 30.0 Å². The number of anilines is 1. The Morgan fingerprint density at radius 3 is 2.54 bits per heavy atom. The maximum atomic E-state index is 5.28. The van der Waals surface area contributed by atoms with E-state index in [1.54, 1.807) is 7.11 Å². The fourth-order valence-corrected chi connectivity index (χ4v) is 4.05. The summed E-state index contributed by atoms with van der Waals surface area (Å²) in [7, 11) is 1.68. The normalized spacial score (nSPS) is 28.6. The molecule has 3 saturated heterocycles. The van der Waals surface area contributed by atoms with Gasteiger partial charge < -0.3 is 10.1 Å². The van der Waals surface area contributed by atoms with Crippen LogP contribution in [-0.4, -0.2) is 47.2 Å². The molecular formula is C19H24N4O. The highest BCUT2D eigenvalue weighted by molar-refractivity contribution is 5.63. The van der Waals surface area contributed by atoms with Gasteiger partial charge in [-0.3, -0.25) is 4.90 Å². The van der Waals surface area contributed by atoms with Crippen molar-refractivity contribution in [2.75, 3.05) is 25.5 Å². The van der Waals surface area contributed by atoms with Crippen molar-refractivity contribution in [3.63, 3.8) is 0 Å². The number of piperidine rings is 3. The lowest BCUT2D eigenvalue weighted by Gasteiger charge is -2.49. The molecule has 0 unspecified atom stereocenters. The van der Waals surface area contributed by atoms with E-state index in [-0.39, 0.29) is 0 Å². The minimum Gasteiger partial charge on any atom is -0.497 e. The molecule has 0 amide bonds. The number of rotatable bonds is 4. The summed E-state index contributed by atoms with van der Waals surface area (Å²) in [5.41, 5.74) is 2.07. The third kappa shape index (κ3) is 2.84. The zero-order valence-electron chi connectivity index (χ0n) is 14.3. The zero-order chi connectivity index (χ0) is 16.5. The largest absolute Gasteiger partial charge is 0.497 e. The third-order valence-electron chi connectivity index (χ3n) is 5.53. The van der Waals surface area contributed by atoms with Crippen molar-refractivity contribution in [3.05, 3.63) is 36.7 Å². The minimum absolute atomic E-state index is 0.454. The summed E-state index contributed by atoms with van der Waals surface area (Å²) in [4.78, 5) is 11.7. The molecule has 126 valence electrons. The number of hydrogen-bond acceptors (Lipinski definition) is 5. The van der Waals surface area contributed by atoms with Crippen LogP contribution in [0.2, 0.25) is 0 Å². The van der Waals surface area contributed by atoms with Crippen LogP contribution in [0.25, 0.3) is 11.1 Å². The molecule has 3 aliphatic rings. The maximum Gasteiger partial charge on any atom is 0.222 e. The quantitative estimate of drug-likeness (QED) is 0.937. The smallest absolute Gasteiger partial charge is 0.222 e. The predicted octanol–water partition coefficient (Wildman–Crippen LogP) is 3.05. The van der Waals surface area contributed by atoms with Gasteiger partial charge in [-0.15, -0.1) is 0 Å². The van der Waals surface area contributed by atoms with E-state index in [0.29, 0.717) is 12.1 Å². The Kier molecular flexibility index (Phi) is 4.10. The van der Waals surface area contributed by atoms with Crippen molar-refractivity contribution in [2.45, 2.75) is 31.8 Å². The topological polar surface area (TPSA) is 50.3 Å². The molecule has 2 atom stereocenters. The van der Waals surface area contributed by atoms with Gasteiger partial charge >= 0.3 is 0 Å². The summed E-state index contributed by atoms with van der Waals surface area (Å²) in [5, 5.41) is 3.57. The molecule has 0 aliphatic carbocycles. The first-order valence-corrected chi connectivity index (χ1v) is 8.71. The zero-order valence-corrected chi connectivity index (χ0v) is 14.3. The van der Waals surface area contributed by atoms with Crippen LogP contribution < -0.4 is 10.1 Å². The summed E-state index contributed by atoms with van der Waals surface area (Å²) in [6.07, 6.45) is 6.33. The van der Waals surface area contributed by atoms with Crippen LogP contribution in [0.1, 0.15) is 19.8 Å². The van der Waals surface area contributed by atoms with Crippen LogP contribution in [0.4, 0.5) is 5.95 Å². The van der Waals surface area contributed by atoms with Crippen LogP contribution in [0, 0.1) is 5.92 Å². The summed E-state index contributed by atoms with van der Waals surface area (Å²) < 4.78 is 5.28. The lowest BCUT2D eigenvalue weighted by atomic mass is 9.79. The van der Waals surface area contributed by atoms with Gasteiger partial charge in [0.05, 0.1) is 7.11 Å². The highest BCUT2D eigenvalue weighted by Crippen LogP contribution is 2.33. The number of fused-ring (bicyclic) bond motifs is 3. The lowest BCUT2D eigenvalue weighted by molar-refractivity contribution is 0.0455. The van der Waals surface area contributed by atoms with Gasteiger partial charge in [-0.2, -0.15) is 0 Å². The number of hydrogen-bond donors (Lipinski definition) is 1. The lowest BCUT2D eigenvalue weighted by Crippen LogP contribution is -2.59. The molecule has 1 aromatic heterocycles. The van der Waals surface area contributed by atoms with Crippen molar-refractivity contribution in [2.24, 2.45) is 5.92 Å². The molecule has 0 radical (unpaired) electrons. The van der Waals surface area contributed by atoms with Gasteiger partial charge in [-0.1, -0.05) is 12.1 Å². The van der Waals surface area contributed by atoms with Gasteiger partial charge in [0.15, 0.2) is 0 Å². The molecule has 2 bridgehead atoms. The molecule has 0 spiro atoms. The van der Waals surface area contributed by atoms with Crippen LogP contribution >= 0.6 is 0 Å². The Balaban J connectivity index is 1.50. The van der Waals surface area contributed by atoms with Crippen molar-refractivity contribution in [1.82, 2.24) is 14.9 Å². The molecule has 0 saturated carbocycles. The van der Waals surface area contributed by atoms with Crippen molar-refractivity contribution in [1.29, 1.82) is 0 Å². The predicted molar refractivity (Wildman–Crippen MR) is 95.2 cm³/mol. The number of methoxy groups -OCH3 is 1. The van der Waals surface area contributed by atoms with Crippen molar-refractivity contribution >= 4 is 5.95 Å². The second-order valence-electron chi connectivity index (χ2n) is 6.81. The van der Waals surface area contributed by atoms with Gasteiger partial charge in [-0.05, 0) is 56.5 Å². The third-order valence-corrected chi connectivity index (χ3v) is 5.53. The Morgan fingerprint density at radius 2 is 1.88 bits per heavy atom. The van der Waals surface area contributed by atoms with E-state index in [1.165, 1.54) is 25.9 Å². The first-order chi connectivity index (χ1) is 11.7. The molecule has 2 aromatic rings. The first-order valence-electron chi connectivity index (χ1n) is 8.71. The molecule has 3 fully saturated rings. The summed E-state index contributed by atoms with van der Waals surface area (Å²) in [6.45, 7) is 4.78. The average Bonchev–Trinajstić information content (AvgIpc) is 2.65. The molecule has 5 rings (SSSR count). The fraction of sp³-hybridized carbons (Fsp3) is 0.474. The second-order valence-corrected chi connectivity index (χ2v) is 6.81. The summed E-state index contributed by atoms with van der Waals surface area (Å²) in [5.74, 6) is 2.31.